The second-order valence-corrected chi connectivity index (χ2v) is 7.52. The summed E-state index contributed by atoms with van der Waals surface area (Å²) in [4.78, 5) is 17.2. The van der Waals surface area contributed by atoms with E-state index in [4.69, 9.17) is 9.47 Å². The number of methoxy groups -OCH3 is 2. The van der Waals surface area contributed by atoms with Crippen LogP contribution in [0, 0.1) is 0 Å². The Hall–Kier alpha value is -3.84. The van der Waals surface area contributed by atoms with E-state index in [1.807, 2.05) is 53.9 Å². The first-order chi connectivity index (χ1) is 15.1. The number of nitrogens with one attached hydrogen (secondary N) is 2. The Labute approximate surface area is 184 Å². The molecule has 0 aliphatic rings. The molecule has 0 fully saturated rings. The van der Waals surface area contributed by atoms with E-state index in [0.717, 1.165) is 27.8 Å². The number of amides is 1. The number of aromatic nitrogens is 1. The fourth-order valence-electron chi connectivity index (χ4n) is 2.99. The van der Waals surface area contributed by atoms with Gasteiger partial charge in [-0.3, -0.25) is 4.79 Å². The average Bonchev–Trinajstić information content (AvgIpc) is 3.28. The molecule has 1 amide bonds. The van der Waals surface area contributed by atoms with Gasteiger partial charge in [0.2, 0.25) is 0 Å². The normalized spacial score (nSPS) is 10.4. The van der Waals surface area contributed by atoms with Crippen LogP contribution in [0.15, 0.2) is 78.2 Å². The first kappa shape index (κ1) is 20.4. The van der Waals surface area contributed by atoms with E-state index in [1.54, 1.807) is 38.5 Å². The van der Waals surface area contributed by atoms with Crippen molar-refractivity contribution in [3.63, 3.8) is 0 Å². The Balaban J connectivity index is 1.47. The molecule has 0 saturated heterocycles. The van der Waals surface area contributed by atoms with E-state index in [9.17, 15) is 4.79 Å². The molecule has 0 saturated carbocycles. The van der Waals surface area contributed by atoms with Crippen molar-refractivity contribution >= 4 is 33.8 Å². The fourth-order valence-corrected chi connectivity index (χ4v) is 3.73. The summed E-state index contributed by atoms with van der Waals surface area (Å²) < 4.78 is 10.4. The maximum atomic E-state index is 12.5. The first-order valence-electron chi connectivity index (χ1n) is 9.57. The Bertz CT molecular complexity index is 1190. The van der Waals surface area contributed by atoms with Crippen molar-refractivity contribution in [2.24, 2.45) is 0 Å². The molecular formula is C24H21N3O3S. The zero-order valence-electron chi connectivity index (χ0n) is 17.1. The quantitative estimate of drug-likeness (QED) is 0.386. The number of carbonyl (C=O) groups is 1. The molecule has 0 radical (unpaired) electrons. The zero-order chi connectivity index (χ0) is 21.6. The summed E-state index contributed by atoms with van der Waals surface area (Å²) in [6, 6.07) is 22.3. The lowest BCUT2D eigenvalue weighted by Gasteiger charge is -2.07. The topological polar surface area (TPSA) is 72.5 Å². The largest absolute Gasteiger partial charge is 0.497 e. The van der Waals surface area contributed by atoms with Crippen molar-refractivity contribution in [1.82, 2.24) is 4.98 Å². The predicted molar refractivity (Wildman–Crippen MR) is 125 cm³/mol. The van der Waals surface area contributed by atoms with Gasteiger partial charge in [0.25, 0.3) is 5.91 Å². The summed E-state index contributed by atoms with van der Waals surface area (Å²) in [7, 11) is 3.23. The molecule has 1 aromatic heterocycles. The third-order valence-corrected chi connectivity index (χ3v) is 5.35. The lowest BCUT2D eigenvalue weighted by atomic mass is 10.1. The number of carbonyl (C=O) groups excluding carboxylic acids is 1. The first-order valence-corrected chi connectivity index (χ1v) is 10.4. The molecule has 1 heterocycles. The zero-order valence-corrected chi connectivity index (χ0v) is 17.9. The molecule has 0 unspecified atom stereocenters. The van der Waals surface area contributed by atoms with Crippen LogP contribution < -0.4 is 20.1 Å². The minimum atomic E-state index is -0.182. The van der Waals surface area contributed by atoms with Crippen LogP contribution in [0.3, 0.4) is 0 Å². The lowest BCUT2D eigenvalue weighted by Crippen LogP contribution is -2.11. The van der Waals surface area contributed by atoms with Gasteiger partial charge in [-0.1, -0.05) is 18.2 Å². The molecule has 6 nitrogen and oxygen atoms in total. The van der Waals surface area contributed by atoms with Crippen LogP contribution in [0.1, 0.15) is 10.4 Å². The molecule has 4 rings (SSSR count). The van der Waals surface area contributed by atoms with Gasteiger partial charge in [0.15, 0.2) is 5.13 Å². The van der Waals surface area contributed by atoms with Crippen LogP contribution >= 0.6 is 11.3 Å². The summed E-state index contributed by atoms with van der Waals surface area (Å²) in [6.45, 7) is 0. The van der Waals surface area contributed by atoms with Crippen molar-refractivity contribution in [2.75, 3.05) is 24.9 Å². The third-order valence-electron chi connectivity index (χ3n) is 4.59. The number of nitrogens with zero attached hydrogens (tertiary/aromatic N) is 1. The Kier molecular flexibility index (Phi) is 6.14. The molecule has 7 heteroatoms. The highest BCUT2D eigenvalue weighted by atomic mass is 32.1. The molecule has 0 bridgehead atoms. The van der Waals surface area contributed by atoms with Crippen molar-refractivity contribution in [3.05, 3.63) is 83.7 Å². The molecule has 156 valence electrons. The number of ether oxygens (including phenoxy) is 2. The number of rotatable bonds is 7. The van der Waals surface area contributed by atoms with Crippen molar-refractivity contribution < 1.29 is 14.3 Å². The Morgan fingerprint density at radius 3 is 2.39 bits per heavy atom. The number of hydrogen-bond acceptors (Lipinski definition) is 6. The molecule has 0 aliphatic heterocycles. The molecule has 3 aromatic carbocycles. The minimum absolute atomic E-state index is 0.182. The maximum absolute atomic E-state index is 12.5. The van der Waals surface area contributed by atoms with Crippen molar-refractivity contribution in [1.29, 1.82) is 0 Å². The highest BCUT2D eigenvalue weighted by Gasteiger charge is 2.09. The number of hydrogen-bond donors (Lipinski definition) is 2. The standard InChI is InChI=1S/C24H21N3O3S/c1-29-20-11-9-16(10-12-20)23(28)25-18-6-3-5-17(13-18)22-15-31-24(27-22)26-19-7-4-8-21(14-19)30-2/h3-15H,1-2H3,(H,25,28)(H,26,27). The highest BCUT2D eigenvalue weighted by Crippen LogP contribution is 2.29. The lowest BCUT2D eigenvalue weighted by molar-refractivity contribution is 0.102. The summed E-state index contributed by atoms with van der Waals surface area (Å²) in [5.41, 5.74) is 3.91. The minimum Gasteiger partial charge on any atom is -0.497 e. The molecule has 31 heavy (non-hydrogen) atoms. The van der Waals surface area contributed by atoms with E-state index in [0.29, 0.717) is 17.0 Å². The molecule has 4 aromatic rings. The van der Waals surface area contributed by atoms with Gasteiger partial charge in [-0.05, 0) is 48.5 Å². The van der Waals surface area contributed by atoms with Crippen LogP contribution in [0.5, 0.6) is 11.5 Å². The average molecular weight is 432 g/mol. The Morgan fingerprint density at radius 2 is 1.61 bits per heavy atom. The van der Waals surface area contributed by atoms with Gasteiger partial charge in [0.05, 0.1) is 19.9 Å². The molecule has 0 spiro atoms. The van der Waals surface area contributed by atoms with Crippen molar-refractivity contribution in [2.45, 2.75) is 0 Å². The summed E-state index contributed by atoms with van der Waals surface area (Å²) >= 11 is 1.51. The monoisotopic (exact) mass is 431 g/mol. The van der Waals surface area contributed by atoms with Crippen LogP contribution in [0.25, 0.3) is 11.3 Å². The van der Waals surface area contributed by atoms with Crippen LogP contribution in [0.4, 0.5) is 16.5 Å². The van der Waals surface area contributed by atoms with Gasteiger partial charge in [0.1, 0.15) is 11.5 Å². The predicted octanol–water partition coefficient (Wildman–Crippen LogP) is 5.82. The van der Waals surface area contributed by atoms with E-state index >= 15 is 0 Å². The van der Waals surface area contributed by atoms with Crippen LogP contribution in [0.2, 0.25) is 0 Å². The number of benzene rings is 3. The Morgan fingerprint density at radius 1 is 0.871 bits per heavy atom. The van der Waals surface area contributed by atoms with Gasteiger partial charge in [-0.2, -0.15) is 0 Å². The van der Waals surface area contributed by atoms with E-state index in [1.165, 1.54) is 11.3 Å². The second-order valence-electron chi connectivity index (χ2n) is 6.66. The molecular weight excluding hydrogens is 410 g/mol. The summed E-state index contributed by atoms with van der Waals surface area (Å²) in [6.07, 6.45) is 0. The molecule has 0 aliphatic carbocycles. The summed E-state index contributed by atoms with van der Waals surface area (Å²) in [5, 5.41) is 8.98. The maximum Gasteiger partial charge on any atom is 0.255 e. The van der Waals surface area contributed by atoms with E-state index < -0.39 is 0 Å². The van der Waals surface area contributed by atoms with Gasteiger partial charge in [-0.25, -0.2) is 4.98 Å². The summed E-state index contributed by atoms with van der Waals surface area (Å²) in [5.74, 6) is 1.31. The number of thiazole rings is 1. The van der Waals surface area contributed by atoms with E-state index in [2.05, 4.69) is 15.6 Å². The third kappa shape index (κ3) is 5.02. The van der Waals surface area contributed by atoms with Crippen LogP contribution in [-0.2, 0) is 0 Å². The number of anilines is 3. The fraction of sp³-hybridized carbons (Fsp3) is 0.0833. The smallest absolute Gasteiger partial charge is 0.255 e. The van der Waals surface area contributed by atoms with Gasteiger partial charge in [0, 0.05) is 33.9 Å². The van der Waals surface area contributed by atoms with E-state index in [-0.39, 0.29) is 5.91 Å². The van der Waals surface area contributed by atoms with Gasteiger partial charge < -0.3 is 20.1 Å². The molecule has 0 atom stereocenters. The van der Waals surface area contributed by atoms with Crippen LogP contribution in [-0.4, -0.2) is 25.1 Å². The van der Waals surface area contributed by atoms with Crippen molar-refractivity contribution in [3.8, 4) is 22.8 Å². The highest BCUT2D eigenvalue weighted by molar-refractivity contribution is 7.14. The molecule has 2 N–H and O–H groups in total. The van der Waals surface area contributed by atoms with Gasteiger partial charge >= 0.3 is 0 Å². The second kappa shape index (κ2) is 9.32. The SMILES string of the molecule is COc1ccc(C(=O)Nc2cccc(-c3csc(Nc4cccc(OC)c4)n3)c2)cc1. The van der Waals surface area contributed by atoms with Gasteiger partial charge in [-0.15, -0.1) is 11.3 Å².